The molecule has 0 bridgehead atoms. The van der Waals surface area contributed by atoms with E-state index in [4.69, 9.17) is 21.6 Å². The van der Waals surface area contributed by atoms with Gasteiger partial charge in [-0.15, -0.1) is 0 Å². The van der Waals surface area contributed by atoms with Gasteiger partial charge in [-0.05, 0) is 31.2 Å². The van der Waals surface area contributed by atoms with Gasteiger partial charge in [0.15, 0.2) is 0 Å². The Morgan fingerprint density at radius 2 is 1.90 bits per heavy atom. The van der Waals surface area contributed by atoms with Crippen molar-refractivity contribution in [2.75, 3.05) is 0 Å². The van der Waals surface area contributed by atoms with Crippen molar-refractivity contribution >= 4 is 17.3 Å². The third-order valence-electron chi connectivity index (χ3n) is 2.66. The average molecular weight is 289 g/mol. The molecule has 0 heterocycles. The van der Waals surface area contributed by atoms with Crippen LogP contribution in [0.4, 0.5) is 5.69 Å². The number of aryl methyl sites for hydroxylation is 1. The van der Waals surface area contributed by atoms with Gasteiger partial charge in [0.05, 0.1) is 15.5 Å². The third kappa shape index (κ3) is 2.87. The Morgan fingerprint density at radius 1 is 1.25 bits per heavy atom. The standard InChI is InChI=1S/C14H9ClN2O3/c1-9-6-11(4-5-14(9)17(18)19)20-12-3-2-10(8-16)13(15)7-12/h2-7H,1H3. The van der Waals surface area contributed by atoms with E-state index in [1.54, 1.807) is 25.1 Å². The van der Waals surface area contributed by atoms with Crippen molar-refractivity contribution in [3.63, 3.8) is 0 Å². The zero-order valence-electron chi connectivity index (χ0n) is 10.5. The number of nitrogens with zero attached hydrogens (tertiary/aromatic N) is 2. The molecular weight excluding hydrogens is 280 g/mol. The van der Waals surface area contributed by atoms with E-state index in [2.05, 4.69) is 0 Å². The first-order chi connectivity index (χ1) is 9.51. The number of rotatable bonds is 3. The van der Waals surface area contributed by atoms with Crippen LogP contribution in [0.3, 0.4) is 0 Å². The van der Waals surface area contributed by atoms with E-state index in [-0.39, 0.29) is 5.69 Å². The normalized spacial score (nSPS) is 9.85. The molecule has 0 aliphatic rings. The molecule has 0 saturated carbocycles. The van der Waals surface area contributed by atoms with Crippen molar-refractivity contribution in [2.24, 2.45) is 0 Å². The first-order valence-electron chi connectivity index (χ1n) is 5.64. The van der Waals surface area contributed by atoms with Gasteiger partial charge < -0.3 is 4.74 Å². The van der Waals surface area contributed by atoms with E-state index in [1.165, 1.54) is 18.2 Å². The molecule has 0 fully saturated rings. The highest BCUT2D eigenvalue weighted by Crippen LogP contribution is 2.29. The van der Waals surface area contributed by atoms with E-state index < -0.39 is 4.92 Å². The van der Waals surface area contributed by atoms with E-state index in [1.807, 2.05) is 6.07 Å². The number of halogens is 1. The van der Waals surface area contributed by atoms with E-state index in [0.717, 1.165) is 0 Å². The minimum atomic E-state index is -0.447. The number of benzene rings is 2. The highest BCUT2D eigenvalue weighted by molar-refractivity contribution is 6.31. The lowest BCUT2D eigenvalue weighted by Gasteiger charge is -2.07. The SMILES string of the molecule is Cc1cc(Oc2ccc(C#N)c(Cl)c2)ccc1[N+](=O)[O-]. The average Bonchev–Trinajstić information content (AvgIpc) is 2.38. The van der Waals surface area contributed by atoms with Gasteiger partial charge in [-0.25, -0.2) is 0 Å². The van der Waals surface area contributed by atoms with Gasteiger partial charge in [0.1, 0.15) is 17.6 Å². The predicted octanol–water partition coefficient (Wildman–Crippen LogP) is 4.22. The second-order valence-electron chi connectivity index (χ2n) is 4.06. The predicted molar refractivity (Wildman–Crippen MR) is 74.1 cm³/mol. The Labute approximate surface area is 120 Å². The summed E-state index contributed by atoms with van der Waals surface area (Å²) >= 11 is 5.90. The van der Waals surface area contributed by atoms with Crippen LogP contribution in [-0.2, 0) is 0 Å². The molecular formula is C14H9ClN2O3. The van der Waals surface area contributed by atoms with Crippen molar-refractivity contribution in [3.05, 3.63) is 62.7 Å². The van der Waals surface area contributed by atoms with Crippen molar-refractivity contribution in [2.45, 2.75) is 6.92 Å². The Hall–Kier alpha value is -2.58. The first kappa shape index (κ1) is 13.8. The molecule has 0 aliphatic carbocycles. The Morgan fingerprint density at radius 3 is 2.45 bits per heavy atom. The molecule has 0 aromatic heterocycles. The fourth-order valence-electron chi connectivity index (χ4n) is 1.68. The molecule has 0 amide bonds. The number of nitro benzene ring substituents is 1. The quantitative estimate of drug-likeness (QED) is 0.626. The zero-order valence-corrected chi connectivity index (χ0v) is 11.2. The number of hydrogen-bond donors (Lipinski definition) is 0. The van der Waals surface area contributed by atoms with Crippen LogP contribution in [-0.4, -0.2) is 4.92 Å². The van der Waals surface area contributed by atoms with Crippen LogP contribution < -0.4 is 4.74 Å². The fourth-order valence-corrected chi connectivity index (χ4v) is 1.90. The topological polar surface area (TPSA) is 76.2 Å². The lowest BCUT2D eigenvalue weighted by atomic mass is 10.2. The number of nitriles is 1. The summed E-state index contributed by atoms with van der Waals surface area (Å²) in [5.74, 6) is 0.927. The summed E-state index contributed by atoms with van der Waals surface area (Å²) in [6.07, 6.45) is 0. The van der Waals surface area contributed by atoms with Crippen LogP contribution in [0.2, 0.25) is 5.02 Å². The Kier molecular flexibility index (Phi) is 3.87. The molecule has 6 heteroatoms. The van der Waals surface area contributed by atoms with E-state index in [0.29, 0.717) is 27.6 Å². The molecule has 0 atom stereocenters. The maximum atomic E-state index is 10.7. The van der Waals surface area contributed by atoms with Crippen LogP contribution in [0.5, 0.6) is 11.5 Å². The summed E-state index contributed by atoms with van der Waals surface area (Å²) in [6, 6.07) is 11.1. The van der Waals surface area contributed by atoms with Gasteiger partial charge in [0.25, 0.3) is 5.69 Å². The number of ether oxygens (including phenoxy) is 1. The molecule has 0 radical (unpaired) electrons. The van der Waals surface area contributed by atoms with Gasteiger partial charge >= 0.3 is 0 Å². The summed E-state index contributed by atoms with van der Waals surface area (Å²) < 4.78 is 5.56. The summed E-state index contributed by atoms with van der Waals surface area (Å²) in [7, 11) is 0. The van der Waals surface area contributed by atoms with Gasteiger partial charge in [0.2, 0.25) is 0 Å². The van der Waals surface area contributed by atoms with E-state index >= 15 is 0 Å². The molecule has 0 aliphatic heterocycles. The molecule has 0 N–H and O–H groups in total. The minimum absolute atomic E-state index is 0.0372. The van der Waals surface area contributed by atoms with Gasteiger partial charge in [-0.3, -0.25) is 10.1 Å². The summed E-state index contributed by atoms with van der Waals surface area (Å²) in [5, 5.41) is 19.8. The first-order valence-corrected chi connectivity index (χ1v) is 6.01. The highest BCUT2D eigenvalue weighted by Gasteiger charge is 2.11. The van der Waals surface area contributed by atoms with Gasteiger partial charge in [-0.1, -0.05) is 11.6 Å². The Bertz CT molecular complexity index is 723. The third-order valence-corrected chi connectivity index (χ3v) is 2.97. The number of nitro groups is 1. The van der Waals surface area contributed by atoms with Crippen LogP contribution in [0.1, 0.15) is 11.1 Å². The lowest BCUT2D eigenvalue weighted by molar-refractivity contribution is -0.385. The lowest BCUT2D eigenvalue weighted by Crippen LogP contribution is -1.92. The fraction of sp³-hybridized carbons (Fsp3) is 0.0714. The summed E-state index contributed by atoms with van der Waals surface area (Å²) in [4.78, 5) is 10.3. The molecule has 2 aromatic rings. The van der Waals surface area contributed by atoms with Crippen LogP contribution in [0.15, 0.2) is 36.4 Å². The molecule has 2 aromatic carbocycles. The van der Waals surface area contributed by atoms with Crippen LogP contribution >= 0.6 is 11.6 Å². The minimum Gasteiger partial charge on any atom is -0.457 e. The second kappa shape index (κ2) is 5.59. The molecule has 100 valence electrons. The molecule has 2 rings (SSSR count). The summed E-state index contributed by atoms with van der Waals surface area (Å²) in [6.45, 7) is 1.64. The van der Waals surface area contributed by atoms with Crippen molar-refractivity contribution < 1.29 is 9.66 Å². The summed E-state index contributed by atoms with van der Waals surface area (Å²) in [5.41, 5.74) is 0.904. The zero-order chi connectivity index (χ0) is 14.7. The highest BCUT2D eigenvalue weighted by atomic mass is 35.5. The number of hydrogen-bond acceptors (Lipinski definition) is 4. The van der Waals surface area contributed by atoms with Gasteiger partial charge in [0, 0.05) is 17.7 Å². The Balaban J connectivity index is 2.27. The maximum Gasteiger partial charge on any atom is 0.272 e. The monoisotopic (exact) mass is 288 g/mol. The van der Waals surface area contributed by atoms with Crippen molar-refractivity contribution in [1.82, 2.24) is 0 Å². The molecule has 20 heavy (non-hydrogen) atoms. The maximum absolute atomic E-state index is 10.7. The van der Waals surface area contributed by atoms with E-state index in [9.17, 15) is 10.1 Å². The van der Waals surface area contributed by atoms with Gasteiger partial charge in [-0.2, -0.15) is 5.26 Å². The van der Waals surface area contributed by atoms with Crippen LogP contribution in [0.25, 0.3) is 0 Å². The largest absolute Gasteiger partial charge is 0.457 e. The molecule has 0 spiro atoms. The van der Waals surface area contributed by atoms with Crippen LogP contribution in [0, 0.1) is 28.4 Å². The smallest absolute Gasteiger partial charge is 0.272 e. The van der Waals surface area contributed by atoms with Crippen molar-refractivity contribution in [3.8, 4) is 17.6 Å². The molecule has 0 saturated heterocycles. The second-order valence-corrected chi connectivity index (χ2v) is 4.47. The molecule has 5 nitrogen and oxygen atoms in total. The van der Waals surface area contributed by atoms with Crippen molar-refractivity contribution in [1.29, 1.82) is 5.26 Å². The molecule has 0 unspecified atom stereocenters.